The van der Waals surface area contributed by atoms with Crippen LogP contribution in [0.25, 0.3) is 0 Å². The lowest BCUT2D eigenvalue weighted by atomic mass is 10.2. The molecule has 1 aliphatic heterocycles. The number of nitrogens with one attached hydrogen (secondary N) is 1. The standard InChI is InChI=1S/C23H20F2N2O4S/c1-15-12-18(32(29,30)27-11-10-16-4-2-3-5-21(16)27)7-9-22(15)31-14-23(28)26-20-8-6-17(24)13-19(20)25/h2-9,12-13H,10-11,14H2,1H3,(H,26,28). The van der Waals surface area contributed by atoms with Gasteiger partial charge in [0.1, 0.15) is 17.4 Å². The highest BCUT2D eigenvalue weighted by molar-refractivity contribution is 7.92. The molecule has 0 saturated carbocycles. The molecule has 0 aromatic heterocycles. The summed E-state index contributed by atoms with van der Waals surface area (Å²) in [5.74, 6) is -1.96. The summed E-state index contributed by atoms with van der Waals surface area (Å²) < 4.78 is 59.8. The lowest BCUT2D eigenvalue weighted by Gasteiger charge is -2.20. The summed E-state index contributed by atoms with van der Waals surface area (Å²) >= 11 is 0. The van der Waals surface area contributed by atoms with Gasteiger partial charge in [0.25, 0.3) is 15.9 Å². The molecule has 32 heavy (non-hydrogen) atoms. The molecule has 0 atom stereocenters. The zero-order valence-electron chi connectivity index (χ0n) is 17.1. The van der Waals surface area contributed by atoms with Crippen LogP contribution in [-0.2, 0) is 21.2 Å². The van der Waals surface area contributed by atoms with E-state index in [1.807, 2.05) is 12.1 Å². The zero-order chi connectivity index (χ0) is 22.9. The van der Waals surface area contributed by atoms with Crippen LogP contribution in [0.2, 0.25) is 0 Å². The third-order valence-corrected chi connectivity index (χ3v) is 6.95. The summed E-state index contributed by atoms with van der Waals surface area (Å²) in [5, 5.41) is 2.30. The third kappa shape index (κ3) is 4.29. The number of fused-ring (bicyclic) bond motifs is 1. The predicted molar refractivity (Wildman–Crippen MR) is 116 cm³/mol. The van der Waals surface area contributed by atoms with Crippen LogP contribution in [0.4, 0.5) is 20.2 Å². The Morgan fingerprint density at radius 2 is 1.88 bits per heavy atom. The molecule has 1 amide bonds. The van der Waals surface area contributed by atoms with Crippen molar-refractivity contribution in [2.45, 2.75) is 18.2 Å². The highest BCUT2D eigenvalue weighted by atomic mass is 32.2. The van der Waals surface area contributed by atoms with Crippen LogP contribution < -0.4 is 14.4 Å². The molecule has 0 aliphatic carbocycles. The molecule has 0 bridgehead atoms. The van der Waals surface area contributed by atoms with Gasteiger partial charge in [-0.25, -0.2) is 17.2 Å². The molecule has 6 nitrogen and oxygen atoms in total. The first kappa shape index (κ1) is 21.8. The minimum Gasteiger partial charge on any atom is -0.483 e. The minimum atomic E-state index is -3.75. The average molecular weight is 458 g/mol. The number of amides is 1. The Morgan fingerprint density at radius 1 is 1.09 bits per heavy atom. The first-order valence-electron chi connectivity index (χ1n) is 9.85. The van der Waals surface area contributed by atoms with Gasteiger partial charge in [-0.2, -0.15) is 0 Å². The summed E-state index contributed by atoms with van der Waals surface area (Å²) in [6, 6.07) is 14.6. The van der Waals surface area contributed by atoms with Crippen LogP contribution in [0.3, 0.4) is 0 Å². The van der Waals surface area contributed by atoms with Crippen molar-refractivity contribution in [1.82, 2.24) is 0 Å². The van der Waals surface area contributed by atoms with Crippen LogP contribution in [0.5, 0.6) is 5.75 Å². The number of carbonyl (C=O) groups excluding carboxylic acids is 1. The van der Waals surface area contributed by atoms with Crippen molar-refractivity contribution in [3.63, 3.8) is 0 Å². The minimum absolute atomic E-state index is 0.122. The molecule has 1 aliphatic rings. The molecule has 3 aromatic rings. The van der Waals surface area contributed by atoms with Crippen molar-refractivity contribution in [2.75, 3.05) is 22.8 Å². The number of anilines is 2. The molecule has 0 saturated heterocycles. The van der Waals surface area contributed by atoms with Gasteiger partial charge >= 0.3 is 0 Å². The van der Waals surface area contributed by atoms with Crippen molar-refractivity contribution in [3.8, 4) is 5.75 Å². The van der Waals surface area contributed by atoms with Crippen LogP contribution >= 0.6 is 0 Å². The Morgan fingerprint density at radius 3 is 2.62 bits per heavy atom. The number of para-hydroxylation sites is 1. The first-order chi connectivity index (χ1) is 15.3. The fourth-order valence-electron chi connectivity index (χ4n) is 3.55. The zero-order valence-corrected chi connectivity index (χ0v) is 18.0. The number of hydrogen-bond donors (Lipinski definition) is 1. The van der Waals surface area contributed by atoms with Gasteiger partial charge in [-0.15, -0.1) is 0 Å². The van der Waals surface area contributed by atoms with E-state index < -0.39 is 34.2 Å². The van der Waals surface area contributed by atoms with Crippen LogP contribution in [-0.4, -0.2) is 27.5 Å². The largest absolute Gasteiger partial charge is 0.483 e. The van der Waals surface area contributed by atoms with E-state index in [2.05, 4.69) is 5.32 Å². The number of hydrogen-bond acceptors (Lipinski definition) is 4. The van der Waals surface area contributed by atoms with E-state index in [-0.39, 0.29) is 10.6 Å². The van der Waals surface area contributed by atoms with Crippen molar-refractivity contribution in [2.24, 2.45) is 0 Å². The van der Waals surface area contributed by atoms with Crippen LogP contribution in [0, 0.1) is 18.6 Å². The quantitative estimate of drug-likeness (QED) is 0.605. The number of nitrogens with zero attached hydrogens (tertiary/aromatic N) is 1. The van der Waals surface area contributed by atoms with Gasteiger partial charge in [0, 0.05) is 12.6 Å². The number of carbonyl (C=O) groups is 1. The number of aryl methyl sites for hydroxylation is 1. The maximum atomic E-state index is 13.7. The fourth-order valence-corrected chi connectivity index (χ4v) is 5.14. The second-order valence-corrected chi connectivity index (χ2v) is 9.21. The Labute approximate surface area is 184 Å². The normalized spacial score (nSPS) is 13.0. The molecule has 0 fully saturated rings. The van der Waals surface area contributed by atoms with E-state index >= 15 is 0 Å². The molecular formula is C23H20F2N2O4S. The number of halogens is 2. The second-order valence-electron chi connectivity index (χ2n) is 7.34. The maximum absolute atomic E-state index is 13.7. The van der Waals surface area contributed by atoms with Crippen molar-refractivity contribution >= 4 is 27.3 Å². The van der Waals surface area contributed by atoms with Gasteiger partial charge in [-0.3, -0.25) is 9.10 Å². The van der Waals surface area contributed by atoms with Gasteiger partial charge in [0.2, 0.25) is 0 Å². The van der Waals surface area contributed by atoms with E-state index in [9.17, 15) is 22.0 Å². The number of benzene rings is 3. The Hall–Kier alpha value is -3.46. The molecule has 1 heterocycles. The molecule has 0 unspecified atom stereocenters. The van der Waals surface area contributed by atoms with E-state index in [1.54, 1.807) is 19.1 Å². The third-order valence-electron chi connectivity index (χ3n) is 5.14. The topological polar surface area (TPSA) is 75.7 Å². The van der Waals surface area contributed by atoms with Crippen LogP contribution in [0.1, 0.15) is 11.1 Å². The summed E-state index contributed by atoms with van der Waals surface area (Å²) in [7, 11) is -3.75. The molecule has 9 heteroatoms. The van der Waals surface area contributed by atoms with E-state index in [0.29, 0.717) is 36.0 Å². The van der Waals surface area contributed by atoms with E-state index in [1.165, 1.54) is 22.5 Å². The van der Waals surface area contributed by atoms with Gasteiger partial charge in [-0.05, 0) is 60.9 Å². The molecular weight excluding hydrogens is 438 g/mol. The highest BCUT2D eigenvalue weighted by Crippen LogP contribution is 2.33. The highest BCUT2D eigenvalue weighted by Gasteiger charge is 2.30. The Bertz CT molecular complexity index is 1290. The van der Waals surface area contributed by atoms with Gasteiger partial charge in [-0.1, -0.05) is 18.2 Å². The van der Waals surface area contributed by atoms with Gasteiger partial charge in [0.05, 0.1) is 16.3 Å². The lowest BCUT2D eigenvalue weighted by Crippen LogP contribution is -2.29. The lowest BCUT2D eigenvalue weighted by molar-refractivity contribution is -0.118. The number of ether oxygens (including phenoxy) is 1. The van der Waals surface area contributed by atoms with Crippen molar-refractivity contribution < 1.29 is 26.7 Å². The fraction of sp³-hybridized carbons (Fsp3) is 0.174. The van der Waals surface area contributed by atoms with Crippen molar-refractivity contribution in [3.05, 3.63) is 83.4 Å². The second kappa shape index (κ2) is 8.58. The Kier molecular flexibility index (Phi) is 5.84. The van der Waals surface area contributed by atoms with E-state index in [0.717, 1.165) is 17.7 Å². The molecule has 0 radical (unpaired) electrons. The molecule has 0 spiro atoms. The predicted octanol–water partition coefficient (Wildman–Crippen LogP) is 4.04. The summed E-state index contributed by atoms with van der Waals surface area (Å²) in [4.78, 5) is 12.2. The van der Waals surface area contributed by atoms with Gasteiger partial charge < -0.3 is 10.1 Å². The summed E-state index contributed by atoms with van der Waals surface area (Å²) in [6.07, 6.45) is 0.652. The average Bonchev–Trinajstić information content (AvgIpc) is 3.20. The van der Waals surface area contributed by atoms with Gasteiger partial charge in [0.15, 0.2) is 6.61 Å². The summed E-state index contributed by atoms with van der Waals surface area (Å²) in [6.45, 7) is 1.62. The smallest absolute Gasteiger partial charge is 0.264 e. The van der Waals surface area contributed by atoms with E-state index in [4.69, 9.17) is 4.74 Å². The molecule has 1 N–H and O–H groups in total. The van der Waals surface area contributed by atoms with Crippen LogP contribution in [0.15, 0.2) is 65.6 Å². The number of sulfonamides is 1. The monoisotopic (exact) mass is 458 g/mol. The molecule has 3 aromatic carbocycles. The first-order valence-corrected chi connectivity index (χ1v) is 11.3. The van der Waals surface area contributed by atoms with Crippen molar-refractivity contribution in [1.29, 1.82) is 0 Å². The maximum Gasteiger partial charge on any atom is 0.264 e. The summed E-state index contributed by atoms with van der Waals surface area (Å²) in [5.41, 5.74) is 2.02. The Balaban J connectivity index is 1.45. The number of rotatable bonds is 6. The SMILES string of the molecule is Cc1cc(S(=O)(=O)N2CCc3ccccc32)ccc1OCC(=O)Nc1ccc(F)cc1F. The molecule has 166 valence electrons. The molecule has 4 rings (SSSR count).